The summed E-state index contributed by atoms with van der Waals surface area (Å²) < 4.78 is 5.83. The number of nitrogens with zero attached hydrogens (tertiary/aromatic N) is 5. The molecule has 4 rings (SSSR count). The van der Waals surface area contributed by atoms with Gasteiger partial charge in [-0.1, -0.05) is 24.3 Å². The molecule has 1 N–H and O–H groups in total. The molecule has 1 aliphatic rings. The summed E-state index contributed by atoms with van der Waals surface area (Å²) in [6.45, 7) is 2.67. The van der Waals surface area contributed by atoms with Gasteiger partial charge in [-0.05, 0) is 47.5 Å². The standard InChI is InChI=1S/C26H24N6O2/c27-11-10-20-6-8-24(9-7-20)34-19-21-3-1-5-23(17-21)30-26(33)32-15-13-31(14-16-32)25-22(18-28)4-2-12-29-25/h1-9,12,17H,10,13-16,19H2,(H,30,33). The Hall–Kier alpha value is -4.56. The van der Waals surface area contributed by atoms with Crippen LogP contribution in [0.15, 0.2) is 66.9 Å². The van der Waals surface area contributed by atoms with Crippen LogP contribution in [0.3, 0.4) is 0 Å². The van der Waals surface area contributed by atoms with Crippen molar-refractivity contribution in [1.82, 2.24) is 9.88 Å². The lowest BCUT2D eigenvalue weighted by atomic mass is 10.1. The van der Waals surface area contributed by atoms with Gasteiger partial charge >= 0.3 is 6.03 Å². The molecular weight excluding hydrogens is 428 g/mol. The summed E-state index contributed by atoms with van der Waals surface area (Å²) in [5.41, 5.74) is 3.13. The fourth-order valence-electron chi connectivity index (χ4n) is 3.76. The molecule has 170 valence electrons. The van der Waals surface area contributed by atoms with Gasteiger partial charge in [-0.25, -0.2) is 9.78 Å². The SMILES string of the molecule is N#CCc1ccc(OCc2cccc(NC(=O)N3CCN(c4ncccc4C#N)CC3)c2)cc1. The number of pyridine rings is 1. The number of hydrogen-bond donors (Lipinski definition) is 1. The number of aromatic nitrogens is 1. The monoisotopic (exact) mass is 452 g/mol. The van der Waals surface area contributed by atoms with Crippen molar-refractivity contribution in [1.29, 1.82) is 10.5 Å². The molecule has 0 unspecified atom stereocenters. The lowest BCUT2D eigenvalue weighted by Crippen LogP contribution is -2.50. The number of amides is 2. The molecule has 34 heavy (non-hydrogen) atoms. The van der Waals surface area contributed by atoms with E-state index in [2.05, 4.69) is 22.4 Å². The van der Waals surface area contributed by atoms with E-state index < -0.39 is 0 Å². The number of urea groups is 1. The predicted octanol–water partition coefficient (Wildman–Crippen LogP) is 3.95. The topological polar surface area (TPSA) is 105 Å². The Bertz CT molecular complexity index is 1220. The summed E-state index contributed by atoms with van der Waals surface area (Å²) in [7, 11) is 0. The highest BCUT2D eigenvalue weighted by molar-refractivity contribution is 5.89. The van der Waals surface area contributed by atoms with Gasteiger partial charge in [-0.3, -0.25) is 0 Å². The number of rotatable bonds is 6. The van der Waals surface area contributed by atoms with E-state index in [9.17, 15) is 10.1 Å². The number of carbonyl (C=O) groups excluding carboxylic acids is 1. The lowest BCUT2D eigenvalue weighted by Gasteiger charge is -2.35. The number of anilines is 2. The van der Waals surface area contributed by atoms with Gasteiger partial charge in [0.25, 0.3) is 0 Å². The predicted molar refractivity (Wildman–Crippen MR) is 128 cm³/mol. The quantitative estimate of drug-likeness (QED) is 0.607. The fourth-order valence-corrected chi connectivity index (χ4v) is 3.76. The first-order valence-electron chi connectivity index (χ1n) is 11.0. The summed E-state index contributed by atoms with van der Waals surface area (Å²) in [6, 6.07) is 22.7. The minimum absolute atomic E-state index is 0.160. The molecule has 0 spiro atoms. The smallest absolute Gasteiger partial charge is 0.321 e. The highest BCUT2D eigenvalue weighted by Gasteiger charge is 2.23. The number of ether oxygens (including phenoxy) is 1. The number of nitriles is 2. The first-order chi connectivity index (χ1) is 16.7. The van der Waals surface area contributed by atoms with Crippen molar-refractivity contribution in [3.63, 3.8) is 0 Å². The number of carbonyl (C=O) groups is 1. The molecule has 3 aromatic rings. The second-order valence-electron chi connectivity index (χ2n) is 7.86. The molecule has 8 heteroatoms. The van der Waals surface area contributed by atoms with Crippen LogP contribution < -0.4 is 15.0 Å². The number of benzene rings is 2. The normalized spacial score (nSPS) is 13.0. The van der Waals surface area contributed by atoms with Crippen LogP contribution in [0, 0.1) is 22.7 Å². The van der Waals surface area contributed by atoms with Crippen molar-refractivity contribution in [3.8, 4) is 17.9 Å². The molecule has 0 aliphatic carbocycles. The zero-order chi connectivity index (χ0) is 23.8. The Balaban J connectivity index is 1.29. The number of piperazine rings is 1. The van der Waals surface area contributed by atoms with Crippen molar-refractivity contribution in [2.24, 2.45) is 0 Å². The Labute approximate surface area is 198 Å². The van der Waals surface area contributed by atoms with Crippen LogP contribution in [0.5, 0.6) is 5.75 Å². The molecule has 1 aliphatic heterocycles. The minimum atomic E-state index is -0.160. The Kier molecular flexibility index (Phi) is 7.22. The van der Waals surface area contributed by atoms with E-state index in [4.69, 9.17) is 10.00 Å². The van der Waals surface area contributed by atoms with Gasteiger partial charge in [0.2, 0.25) is 0 Å². The minimum Gasteiger partial charge on any atom is -0.489 e. The second kappa shape index (κ2) is 10.8. The van der Waals surface area contributed by atoms with E-state index in [1.54, 1.807) is 23.2 Å². The van der Waals surface area contributed by atoms with E-state index in [-0.39, 0.29) is 6.03 Å². The van der Waals surface area contributed by atoms with Gasteiger partial charge in [0.15, 0.2) is 0 Å². The zero-order valence-corrected chi connectivity index (χ0v) is 18.6. The Morgan fingerprint density at radius 2 is 1.79 bits per heavy atom. The molecule has 2 aromatic carbocycles. The third-order valence-electron chi connectivity index (χ3n) is 5.56. The van der Waals surface area contributed by atoms with Gasteiger partial charge in [0, 0.05) is 38.1 Å². The van der Waals surface area contributed by atoms with Crippen LogP contribution in [0.4, 0.5) is 16.3 Å². The van der Waals surface area contributed by atoms with Crippen LogP contribution in [0.1, 0.15) is 16.7 Å². The molecule has 2 heterocycles. The van der Waals surface area contributed by atoms with Crippen molar-refractivity contribution < 1.29 is 9.53 Å². The molecule has 0 saturated carbocycles. The first kappa shape index (κ1) is 22.6. The molecule has 0 bridgehead atoms. The highest BCUT2D eigenvalue weighted by atomic mass is 16.5. The lowest BCUT2D eigenvalue weighted by molar-refractivity contribution is 0.208. The van der Waals surface area contributed by atoms with Gasteiger partial charge in [-0.2, -0.15) is 10.5 Å². The summed E-state index contributed by atoms with van der Waals surface area (Å²) >= 11 is 0. The van der Waals surface area contributed by atoms with Crippen LogP contribution in [0.25, 0.3) is 0 Å². The van der Waals surface area contributed by atoms with Crippen molar-refractivity contribution in [3.05, 3.63) is 83.6 Å². The molecular formula is C26H24N6O2. The van der Waals surface area contributed by atoms with E-state index in [0.717, 1.165) is 16.9 Å². The van der Waals surface area contributed by atoms with E-state index in [0.29, 0.717) is 56.3 Å². The van der Waals surface area contributed by atoms with E-state index in [1.807, 2.05) is 53.4 Å². The second-order valence-corrected chi connectivity index (χ2v) is 7.86. The maximum atomic E-state index is 12.8. The van der Waals surface area contributed by atoms with Crippen LogP contribution in [0.2, 0.25) is 0 Å². The van der Waals surface area contributed by atoms with Crippen molar-refractivity contribution in [2.75, 3.05) is 36.4 Å². The molecule has 2 amide bonds. The summed E-state index contributed by atoms with van der Waals surface area (Å²) in [5, 5.41) is 21.0. The number of nitrogens with one attached hydrogen (secondary N) is 1. The van der Waals surface area contributed by atoms with Crippen molar-refractivity contribution in [2.45, 2.75) is 13.0 Å². The molecule has 8 nitrogen and oxygen atoms in total. The van der Waals surface area contributed by atoms with Gasteiger partial charge < -0.3 is 19.9 Å². The largest absolute Gasteiger partial charge is 0.489 e. The zero-order valence-electron chi connectivity index (χ0n) is 18.6. The maximum Gasteiger partial charge on any atom is 0.321 e. The summed E-state index contributed by atoms with van der Waals surface area (Å²) in [5.74, 6) is 1.39. The van der Waals surface area contributed by atoms with Gasteiger partial charge in [-0.15, -0.1) is 0 Å². The average Bonchev–Trinajstić information content (AvgIpc) is 2.89. The first-order valence-corrected chi connectivity index (χ1v) is 11.0. The maximum absolute atomic E-state index is 12.8. The van der Waals surface area contributed by atoms with Gasteiger partial charge in [0.1, 0.15) is 24.2 Å². The fraction of sp³-hybridized carbons (Fsp3) is 0.231. The van der Waals surface area contributed by atoms with Crippen LogP contribution in [-0.2, 0) is 13.0 Å². The Morgan fingerprint density at radius 3 is 2.53 bits per heavy atom. The molecule has 0 radical (unpaired) electrons. The molecule has 0 atom stereocenters. The molecule has 1 aromatic heterocycles. The van der Waals surface area contributed by atoms with Crippen LogP contribution in [-0.4, -0.2) is 42.1 Å². The summed E-state index contributed by atoms with van der Waals surface area (Å²) in [4.78, 5) is 20.9. The third kappa shape index (κ3) is 5.62. The van der Waals surface area contributed by atoms with Crippen molar-refractivity contribution >= 4 is 17.5 Å². The Morgan fingerprint density at radius 1 is 1.00 bits per heavy atom. The molecule has 1 fully saturated rings. The van der Waals surface area contributed by atoms with E-state index >= 15 is 0 Å². The van der Waals surface area contributed by atoms with Gasteiger partial charge in [0.05, 0.1) is 18.1 Å². The van der Waals surface area contributed by atoms with E-state index in [1.165, 1.54) is 0 Å². The van der Waals surface area contributed by atoms with Crippen LogP contribution >= 0.6 is 0 Å². The number of hydrogen-bond acceptors (Lipinski definition) is 6. The summed E-state index contributed by atoms with van der Waals surface area (Å²) in [6.07, 6.45) is 2.05. The average molecular weight is 453 g/mol. The highest BCUT2D eigenvalue weighted by Crippen LogP contribution is 2.20. The molecule has 1 saturated heterocycles. The third-order valence-corrected chi connectivity index (χ3v) is 5.56.